The van der Waals surface area contributed by atoms with Crippen LogP contribution in [0.5, 0.6) is 0 Å². The van der Waals surface area contributed by atoms with Crippen LogP contribution in [0.15, 0.2) is 18.2 Å². The molecule has 1 aromatic carbocycles. The highest BCUT2D eigenvalue weighted by molar-refractivity contribution is 5.89. The fourth-order valence-electron chi connectivity index (χ4n) is 2.26. The predicted octanol–water partition coefficient (Wildman–Crippen LogP) is 2.46. The number of aliphatic carboxylic acids is 1. The second-order valence-electron chi connectivity index (χ2n) is 5.01. The van der Waals surface area contributed by atoms with Crippen molar-refractivity contribution in [3.63, 3.8) is 0 Å². The van der Waals surface area contributed by atoms with Crippen molar-refractivity contribution >= 4 is 17.7 Å². The number of hydrogen-bond donors (Lipinski definition) is 2. The number of rotatable bonds is 2. The van der Waals surface area contributed by atoms with E-state index in [1.165, 1.54) is 11.0 Å². The van der Waals surface area contributed by atoms with Gasteiger partial charge in [-0.1, -0.05) is 6.07 Å². The summed E-state index contributed by atoms with van der Waals surface area (Å²) < 4.78 is 13.6. The number of carbonyl (C=O) groups is 2. The van der Waals surface area contributed by atoms with E-state index in [-0.39, 0.29) is 5.69 Å². The molecule has 1 fully saturated rings. The van der Waals surface area contributed by atoms with Crippen LogP contribution in [0.25, 0.3) is 0 Å². The fourth-order valence-corrected chi connectivity index (χ4v) is 2.26. The molecule has 1 saturated heterocycles. The Kier molecular flexibility index (Phi) is 4.22. The van der Waals surface area contributed by atoms with E-state index in [1.807, 2.05) is 6.92 Å². The van der Waals surface area contributed by atoms with Gasteiger partial charge < -0.3 is 15.3 Å². The zero-order valence-corrected chi connectivity index (χ0v) is 11.2. The number of carboxylic acids is 1. The number of carbonyl (C=O) groups excluding carboxylic acids is 1. The number of likely N-dealkylation sites (tertiary alicyclic amines) is 1. The average Bonchev–Trinajstić information content (AvgIpc) is 2.43. The van der Waals surface area contributed by atoms with Gasteiger partial charge in [-0.15, -0.1) is 0 Å². The maximum Gasteiger partial charge on any atom is 0.321 e. The molecule has 1 aromatic rings. The lowest BCUT2D eigenvalue weighted by Crippen LogP contribution is -2.42. The van der Waals surface area contributed by atoms with Gasteiger partial charge >= 0.3 is 12.0 Å². The molecule has 2 amide bonds. The highest BCUT2D eigenvalue weighted by Gasteiger charge is 2.27. The minimum absolute atomic E-state index is 0.148. The van der Waals surface area contributed by atoms with Crippen molar-refractivity contribution in [2.75, 3.05) is 18.4 Å². The molecule has 0 saturated carbocycles. The molecular formula is C14H17FN2O3. The second-order valence-corrected chi connectivity index (χ2v) is 5.01. The lowest BCUT2D eigenvalue weighted by atomic mass is 9.97. The average molecular weight is 280 g/mol. The maximum atomic E-state index is 13.6. The summed E-state index contributed by atoms with van der Waals surface area (Å²) in [5.74, 6) is -1.70. The highest BCUT2D eigenvalue weighted by Crippen LogP contribution is 2.20. The molecule has 0 radical (unpaired) electrons. The molecule has 2 N–H and O–H groups in total. The van der Waals surface area contributed by atoms with Crippen LogP contribution >= 0.6 is 0 Å². The lowest BCUT2D eigenvalue weighted by molar-refractivity contribution is -0.143. The molecule has 0 atom stereocenters. The lowest BCUT2D eigenvalue weighted by Gasteiger charge is -2.30. The Hall–Kier alpha value is -2.11. The number of benzene rings is 1. The topological polar surface area (TPSA) is 69.6 Å². The number of anilines is 1. The van der Waals surface area contributed by atoms with E-state index in [1.54, 1.807) is 12.1 Å². The molecule has 20 heavy (non-hydrogen) atoms. The fraction of sp³-hybridized carbons (Fsp3) is 0.429. The van der Waals surface area contributed by atoms with Gasteiger partial charge in [-0.3, -0.25) is 4.79 Å². The van der Waals surface area contributed by atoms with E-state index in [2.05, 4.69) is 5.32 Å². The maximum absolute atomic E-state index is 13.6. The Morgan fingerprint density at radius 3 is 2.60 bits per heavy atom. The first-order valence-electron chi connectivity index (χ1n) is 6.52. The van der Waals surface area contributed by atoms with Crippen molar-refractivity contribution in [3.8, 4) is 0 Å². The Labute approximate surface area is 116 Å². The van der Waals surface area contributed by atoms with Crippen LogP contribution in [-0.2, 0) is 4.79 Å². The van der Waals surface area contributed by atoms with Crippen LogP contribution in [0, 0.1) is 18.7 Å². The summed E-state index contributed by atoms with van der Waals surface area (Å²) >= 11 is 0. The van der Waals surface area contributed by atoms with Crippen molar-refractivity contribution in [2.24, 2.45) is 5.92 Å². The van der Waals surface area contributed by atoms with Gasteiger partial charge in [0.15, 0.2) is 0 Å². The van der Waals surface area contributed by atoms with E-state index in [9.17, 15) is 14.0 Å². The van der Waals surface area contributed by atoms with E-state index in [0.29, 0.717) is 25.9 Å². The minimum Gasteiger partial charge on any atom is -0.481 e. The second kappa shape index (κ2) is 5.90. The summed E-state index contributed by atoms with van der Waals surface area (Å²) in [6.07, 6.45) is 0.859. The number of carboxylic acid groups (broad SMARTS) is 1. The third-order valence-corrected chi connectivity index (χ3v) is 3.49. The van der Waals surface area contributed by atoms with E-state index in [0.717, 1.165) is 5.56 Å². The van der Waals surface area contributed by atoms with E-state index in [4.69, 9.17) is 5.11 Å². The molecule has 6 heteroatoms. The predicted molar refractivity (Wildman–Crippen MR) is 72.1 cm³/mol. The zero-order chi connectivity index (χ0) is 14.7. The van der Waals surface area contributed by atoms with Gasteiger partial charge in [0.1, 0.15) is 5.82 Å². The number of aryl methyl sites for hydroxylation is 1. The summed E-state index contributed by atoms with van der Waals surface area (Å²) in [7, 11) is 0. The normalized spacial score (nSPS) is 16.0. The summed E-state index contributed by atoms with van der Waals surface area (Å²) in [5, 5.41) is 11.4. The highest BCUT2D eigenvalue weighted by atomic mass is 19.1. The first kappa shape index (κ1) is 14.3. The van der Waals surface area contributed by atoms with Crippen molar-refractivity contribution in [1.82, 2.24) is 4.90 Å². The molecule has 0 bridgehead atoms. The molecule has 0 unspecified atom stereocenters. The van der Waals surface area contributed by atoms with Crippen molar-refractivity contribution in [1.29, 1.82) is 0 Å². The van der Waals surface area contributed by atoms with Crippen LogP contribution in [0.2, 0.25) is 0 Å². The molecule has 5 nitrogen and oxygen atoms in total. The Balaban J connectivity index is 1.96. The van der Waals surface area contributed by atoms with Gasteiger partial charge in [-0.05, 0) is 37.5 Å². The van der Waals surface area contributed by atoms with Gasteiger partial charge in [0.05, 0.1) is 11.6 Å². The van der Waals surface area contributed by atoms with Crippen molar-refractivity contribution in [3.05, 3.63) is 29.6 Å². The van der Waals surface area contributed by atoms with Gasteiger partial charge in [-0.2, -0.15) is 0 Å². The zero-order valence-electron chi connectivity index (χ0n) is 11.2. The number of urea groups is 1. The van der Waals surface area contributed by atoms with Crippen molar-refractivity contribution < 1.29 is 19.1 Å². The molecule has 1 heterocycles. The number of piperidine rings is 1. The SMILES string of the molecule is Cc1ccc(F)c(NC(=O)N2CCC(C(=O)O)CC2)c1. The first-order chi connectivity index (χ1) is 9.47. The van der Waals surface area contributed by atoms with Crippen LogP contribution in [0.4, 0.5) is 14.9 Å². The molecule has 108 valence electrons. The quantitative estimate of drug-likeness (QED) is 0.874. The van der Waals surface area contributed by atoms with Crippen LogP contribution in [0.1, 0.15) is 18.4 Å². The minimum atomic E-state index is -0.824. The molecule has 0 aromatic heterocycles. The number of hydrogen-bond acceptors (Lipinski definition) is 2. The van der Waals surface area contributed by atoms with Crippen LogP contribution in [-0.4, -0.2) is 35.1 Å². The summed E-state index contributed by atoms with van der Waals surface area (Å²) in [6, 6.07) is 4.11. The van der Waals surface area contributed by atoms with Crippen LogP contribution in [0.3, 0.4) is 0 Å². The summed E-state index contributed by atoms with van der Waals surface area (Å²) in [6.45, 7) is 2.56. The Morgan fingerprint density at radius 1 is 1.35 bits per heavy atom. The first-order valence-corrected chi connectivity index (χ1v) is 6.52. The number of amides is 2. The Morgan fingerprint density at radius 2 is 2.00 bits per heavy atom. The smallest absolute Gasteiger partial charge is 0.321 e. The summed E-state index contributed by atoms with van der Waals surface area (Å²) in [5.41, 5.74) is 1.00. The van der Waals surface area contributed by atoms with E-state index < -0.39 is 23.7 Å². The van der Waals surface area contributed by atoms with Gasteiger partial charge in [0, 0.05) is 13.1 Å². The third kappa shape index (κ3) is 3.26. The molecule has 1 aliphatic rings. The van der Waals surface area contributed by atoms with Gasteiger partial charge in [0.25, 0.3) is 0 Å². The number of nitrogens with one attached hydrogen (secondary N) is 1. The monoisotopic (exact) mass is 280 g/mol. The van der Waals surface area contributed by atoms with Crippen molar-refractivity contribution in [2.45, 2.75) is 19.8 Å². The summed E-state index contributed by atoms with van der Waals surface area (Å²) in [4.78, 5) is 24.4. The van der Waals surface area contributed by atoms with E-state index >= 15 is 0 Å². The molecule has 0 spiro atoms. The Bertz CT molecular complexity index is 525. The number of nitrogens with zero attached hydrogens (tertiary/aromatic N) is 1. The largest absolute Gasteiger partial charge is 0.481 e. The standard InChI is InChI=1S/C14H17FN2O3/c1-9-2-3-11(15)12(8-9)16-14(20)17-6-4-10(5-7-17)13(18)19/h2-3,8,10H,4-7H2,1H3,(H,16,20)(H,18,19). The van der Waals surface area contributed by atoms with Gasteiger partial charge in [0.2, 0.25) is 0 Å². The molecule has 0 aliphatic carbocycles. The van der Waals surface area contributed by atoms with Gasteiger partial charge in [-0.25, -0.2) is 9.18 Å². The molecule has 1 aliphatic heterocycles. The van der Waals surface area contributed by atoms with Crippen LogP contribution < -0.4 is 5.32 Å². The molecule has 2 rings (SSSR count). The third-order valence-electron chi connectivity index (χ3n) is 3.49. The number of halogens is 1. The molecular weight excluding hydrogens is 263 g/mol.